The van der Waals surface area contributed by atoms with Gasteiger partial charge in [0.2, 0.25) is 0 Å². The Morgan fingerprint density at radius 2 is 1.41 bits per heavy atom. The Bertz CT molecular complexity index is 1420. The van der Waals surface area contributed by atoms with Crippen molar-refractivity contribution >= 4 is 50.2 Å². The van der Waals surface area contributed by atoms with Crippen molar-refractivity contribution < 1.29 is 22.4 Å². The molecule has 1 aromatic heterocycles. The fourth-order valence-corrected chi connectivity index (χ4v) is 4.71. The Hall–Kier alpha value is -4.02. The topological polar surface area (TPSA) is 104 Å². The largest absolute Gasteiger partial charge is 0.322 e. The second-order valence-corrected chi connectivity index (χ2v) is 9.70. The van der Waals surface area contributed by atoms with Gasteiger partial charge in [-0.05, 0) is 72.1 Å². The molecule has 34 heavy (non-hydrogen) atoms. The van der Waals surface area contributed by atoms with Crippen LogP contribution in [0.15, 0.2) is 95.2 Å². The monoisotopic (exact) mass is 495 g/mol. The molecule has 7 nitrogen and oxygen atoms in total. The van der Waals surface area contributed by atoms with E-state index >= 15 is 0 Å². The molecule has 0 aliphatic rings. The highest BCUT2D eigenvalue weighted by atomic mass is 32.2. The van der Waals surface area contributed by atoms with Gasteiger partial charge in [-0.2, -0.15) is 0 Å². The van der Waals surface area contributed by atoms with Crippen molar-refractivity contribution in [2.75, 3.05) is 15.4 Å². The van der Waals surface area contributed by atoms with Crippen LogP contribution in [0.4, 0.5) is 21.5 Å². The predicted molar refractivity (Wildman–Crippen MR) is 130 cm³/mol. The van der Waals surface area contributed by atoms with E-state index in [4.69, 9.17) is 0 Å². The van der Waals surface area contributed by atoms with Gasteiger partial charge in [-0.1, -0.05) is 18.2 Å². The smallest absolute Gasteiger partial charge is 0.265 e. The van der Waals surface area contributed by atoms with Gasteiger partial charge < -0.3 is 10.6 Å². The lowest BCUT2D eigenvalue weighted by atomic mass is 10.1. The van der Waals surface area contributed by atoms with Crippen molar-refractivity contribution in [1.29, 1.82) is 0 Å². The first-order valence-corrected chi connectivity index (χ1v) is 12.3. The zero-order valence-corrected chi connectivity index (χ0v) is 19.1. The van der Waals surface area contributed by atoms with Crippen molar-refractivity contribution in [3.05, 3.63) is 107 Å². The summed E-state index contributed by atoms with van der Waals surface area (Å²) in [6.45, 7) is 0. The number of sulfonamides is 1. The number of halogens is 1. The molecule has 0 radical (unpaired) electrons. The number of thiophene rings is 1. The first-order chi connectivity index (χ1) is 16.3. The molecule has 0 saturated carbocycles. The van der Waals surface area contributed by atoms with Gasteiger partial charge in [0, 0.05) is 11.4 Å². The van der Waals surface area contributed by atoms with Gasteiger partial charge in [0.25, 0.3) is 21.8 Å². The average Bonchev–Trinajstić information content (AvgIpc) is 3.36. The van der Waals surface area contributed by atoms with Crippen LogP contribution in [0.1, 0.15) is 20.0 Å². The molecule has 2 amide bonds. The molecule has 10 heteroatoms. The molecule has 0 spiro atoms. The zero-order chi connectivity index (χ0) is 24.1. The van der Waals surface area contributed by atoms with Crippen LogP contribution in [0.3, 0.4) is 0 Å². The number of amides is 2. The Balaban J connectivity index is 1.44. The van der Waals surface area contributed by atoms with E-state index < -0.39 is 21.7 Å². The first kappa shape index (κ1) is 23.1. The van der Waals surface area contributed by atoms with E-state index in [-0.39, 0.29) is 22.1 Å². The van der Waals surface area contributed by atoms with Crippen LogP contribution in [0.25, 0.3) is 0 Å². The van der Waals surface area contributed by atoms with Gasteiger partial charge in [-0.3, -0.25) is 14.3 Å². The van der Waals surface area contributed by atoms with Crippen molar-refractivity contribution in [2.24, 2.45) is 0 Å². The second-order valence-electron chi connectivity index (χ2n) is 7.07. The molecule has 1 heterocycles. The summed E-state index contributed by atoms with van der Waals surface area (Å²) >= 11 is 1.29. The normalized spacial score (nSPS) is 11.0. The third-order valence-corrected chi connectivity index (χ3v) is 6.95. The van der Waals surface area contributed by atoms with Crippen molar-refractivity contribution in [3.8, 4) is 0 Å². The minimum atomic E-state index is -3.89. The molecule has 4 aromatic rings. The molecule has 0 fully saturated rings. The van der Waals surface area contributed by atoms with Crippen LogP contribution in [0, 0.1) is 5.82 Å². The Morgan fingerprint density at radius 3 is 2.09 bits per heavy atom. The summed E-state index contributed by atoms with van der Waals surface area (Å²) in [7, 11) is -3.89. The summed E-state index contributed by atoms with van der Waals surface area (Å²) in [4.78, 5) is 25.6. The summed E-state index contributed by atoms with van der Waals surface area (Å²) in [6, 6.07) is 20.6. The molecule has 0 atom stereocenters. The van der Waals surface area contributed by atoms with Gasteiger partial charge in [-0.15, -0.1) is 11.3 Å². The fraction of sp³-hybridized carbons (Fsp3) is 0. The second kappa shape index (κ2) is 9.86. The number of rotatable bonds is 7. The third-order valence-electron chi connectivity index (χ3n) is 4.68. The van der Waals surface area contributed by atoms with E-state index in [1.54, 1.807) is 41.8 Å². The summed E-state index contributed by atoms with van der Waals surface area (Å²) in [5.41, 5.74) is 1.33. The molecule has 0 aliphatic carbocycles. The Morgan fingerprint density at radius 1 is 0.735 bits per heavy atom. The molecule has 3 aromatic carbocycles. The minimum Gasteiger partial charge on any atom is -0.322 e. The maximum absolute atomic E-state index is 13.1. The maximum atomic E-state index is 13.1. The van der Waals surface area contributed by atoms with E-state index in [9.17, 15) is 22.4 Å². The highest BCUT2D eigenvalue weighted by molar-refractivity contribution is 7.92. The van der Waals surface area contributed by atoms with Crippen molar-refractivity contribution in [1.82, 2.24) is 0 Å². The van der Waals surface area contributed by atoms with Gasteiger partial charge in [0.1, 0.15) is 5.82 Å². The standard InChI is InChI=1S/C24H18FN3O4S2/c25-16-7-13-19(14-8-16)34(31,32)28-18-11-9-17(10-12-18)26-23(29)20-4-1-2-5-21(20)27-24(30)22-6-3-15-33-22/h1-15,28H,(H,26,29)(H,27,30). The molecule has 0 saturated heterocycles. The lowest BCUT2D eigenvalue weighted by molar-refractivity contribution is 0.102. The average molecular weight is 496 g/mol. The Kier molecular flexibility index (Phi) is 6.71. The number of carbonyl (C=O) groups is 2. The van der Waals surface area contributed by atoms with Crippen molar-refractivity contribution in [2.45, 2.75) is 4.90 Å². The number of nitrogens with one attached hydrogen (secondary N) is 3. The highest BCUT2D eigenvalue weighted by Crippen LogP contribution is 2.22. The van der Waals surface area contributed by atoms with E-state index in [1.165, 1.54) is 47.7 Å². The van der Waals surface area contributed by atoms with Crippen LogP contribution in [-0.4, -0.2) is 20.2 Å². The Labute approximate surface area is 199 Å². The van der Waals surface area contributed by atoms with Gasteiger partial charge >= 0.3 is 0 Å². The van der Waals surface area contributed by atoms with Gasteiger partial charge in [0.15, 0.2) is 0 Å². The molecular weight excluding hydrogens is 477 g/mol. The summed E-state index contributed by atoms with van der Waals surface area (Å²) < 4.78 is 40.3. The number of hydrogen-bond donors (Lipinski definition) is 3. The molecular formula is C24H18FN3O4S2. The van der Waals surface area contributed by atoms with Crippen LogP contribution < -0.4 is 15.4 Å². The summed E-state index contributed by atoms with van der Waals surface area (Å²) in [5.74, 6) is -1.29. The number of carbonyl (C=O) groups excluding carboxylic acids is 2. The van der Waals surface area contributed by atoms with Gasteiger partial charge in [0.05, 0.1) is 21.0 Å². The number of para-hydroxylation sites is 1. The molecule has 4 rings (SSSR count). The highest BCUT2D eigenvalue weighted by Gasteiger charge is 2.16. The van der Waals surface area contributed by atoms with E-state index in [2.05, 4.69) is 15.4 Å². The summed E-state index contributed by atoms with van der Waals surface area (Å²) in [5, 5.41) is 7.26. The van der Waals surface area contributed by atoms with Crippen LogP contribution >= 0.6 is 11.3 Å². The SMILES string of the molecule is O=C(Nc1ccccc1C(=O)Nc1ccc(NS(=O)(=O)c2ccc(F)cc2)cc1)c1cccs1. The molecule has 172 valence electrons. The summed E-state index contributed by atoms with van der Waals surface area (Å²) in [6.07, 6.45) is 0. The van der Waals surface area contributed by atoms with Crippen molar-refractivity contribution in [3.63, 3.8) is 0 Å². The lowest BCUT2D eigenvalue weighted by Gasteiger charge is -2.12. The number of benzene rings is 3. The number of anilines is 3. The number of hydrogen-bond acceptors (Lipinski definition) is 5. The molecule has 0 bridgehead atoms. The van der Waals surface area contributed by atoms with E-state index in [0.29, 0.717) is 16.3 Å². The zero-order valence-electron chi connectivity index (χ0n) is 17.5. The predicted octanol–water partition coefficient (Wildman–Crippen LogP) is 5.19. The third kappa shape index (κ3) is 5.48. The van der Waals surface area contributed by atoms with Crippen LogP contribution in [0.2, 0.25) is 0 Å². The quantitative estimate of drug-likeness (QED) is 0.328. The minimum absolute atomic E-state index is 0.0764. The van der Waals surface area contributed by atoms with Crippen LogP contribution in [0.5, 0.6) is 0 Å². The maximum Gasteiger partial charge on any atom is 0.265 e. The van der Waals surface area contributed by atoms with Gasteiger partial charge in [-0.25, -0.2) is 12.8 Å². The first-order valence-electron chi connectivity index (χ1n) is 9.95. The van der Waals surface area contributed by atoms with E-state index in [1.807, 2.05) is 0 Å². The fourth-order valence-electron chi connectivity index (χ4n) is 3.03. The van der Waals surface area contributed by atoms with Crippen LogP contribution in [-0.2, 0) is 10.0 Å². The molecule has 0 aliphatic heterocycles. The lowest BCUT2D eigenvalue weighted by Crippen LogP contribution is -2.17. The molecule has 3 N–H and O–H groups in total. The molecule has 0 unspecified atom stereocenters. The van der Waals surface area contributed by atoms with E-state index in [0.717, 1.165) is 12.1 Å².